The third-order valence-electron chi connectivity index (χ3n) is 6.05. The van der Waals surface area contributed by atoms with Crippen LogP contribution in [0.15, 0.2) is 29.3 Å². The molecule has 144 valence electrons. The van der Waals surface area contributed by atoms with Crippen molar-refractivity contribution in [3.8, 4) is 0 Å². The van der Waals surface area contributed by atoms with Gasteiger partial charge in [-0.1, -0.05) is 6.92 Å². The molecule has 0 atom stereocenters. The number of amides is 2. The van der Waals surface area contributed by atoms with Gasteiger partial charge in [0.1, 0.15) is 17.2 Å². The largest absolute Gasteiger partial charge is 0.326 e. The zero-order valence-electron chi connectivity index (χ0n) is 15.7. The monoisotopic (exact) mass is 371 g/mol. The second kappa shape index (κ2) is 7.06. The van der Waals surface area contributed by atoms with Gasteiger partial charge < -0.3 is 5.32 Å². The SMILES string of the molecule is CCC1=NC2(CCC(C(=O)Nc3ccc(F)cc3)CC2)C(=O)N1CC1CC1. The van der Waals surface area contributed by atoms with E-state index in [1.807, 2.05) is 11.8 Å². The van der Waals surface area contributed by atoms with Crippen molar-refractivity contribution >= 4 is 23.3 Å². The van der Waals surface area contributed by atoms with Crippen LogP contribution in [0.1, 0.15) is 51.9 Å². The Morgan fingerprint density at radius 3 is 2.48 bits per heavy atom. The first-order valence-electron chi connectivity index (χ1n) is 9.98. The fraction of sp³-hybridized carbons (Fsp3) is 0.571. The predicted molar refractivity (Wildman–Crippen MR) is 102 cm³/mol. The quantitative estimate of drug-likeness (QED) is 0.857. The molecule has 0 unspecified atom stereocenters. The lowest BCUT2D eigenvalue weighted by molar-refractivity contribution is -0.134. The average Bonchev–Trinajstić information content (AvgIpc) is 3.46. The van der Waals surface area contributed by atoms with Gasteiger partial charge in [-0.15, -0.1) is 0 Å². The third-order valence-corrected chi connectivity index (χ3v) is 6.05. The van der Waals surface area contributed by atoms with Crippen LogP contribution < -0.4 is 5.32 Å². The summed E-state index contributed by atoms with van der Waals surface area (Å²) in [7, 11) is 0. The molecule has 6 heteroatoms. The van der Waals surface area contributed by atoms with E-state index >= 15 is 0 Å². The molecule has 0 bridgehead atoms. The standard InChI is InChI=1S/C21H26FN3O2/c1-2-18-24-21(20(27)25(18)13-14-3-4-14)11-9-15(10-12-21)19(26)23-17-7-5-16(22)6-8-17/h5-8,14-15H,2-4,9-13H2,1H3,(H,23,26). The number of hydrogen-bond donors (Lipinski definition) is 1. The fourth-order valence-electron chi connectivity index (χ4n) is 4.20. The molecule has 4 rings (SSSR count). The maximum atomic E-state index is 13.1. The lowest BCUT2D eigenvalue weighted by atomic mass is 9.76. The minimum Gasteiger partial charge on any atom is -0.326 e. The Bertz CT molecular complexity index is 762. The summed E-state index contributed by atoms with van der Waals surface area (Å²) in [6.45, 7) is 2.86. The molecule has 2 saturated carbocycles. The van der Waals surface area contributed by atoms with Gasteiger partial charge in [0.05, 0.1) is 0 Å². The summed E-state index contributed by atoms with van der Waals surface area (Å²) < 4.78 is 13.0. The van der Waals surface area contributed by atoms with Gasteiger partial charge in [-0.3, -0.25) is 19.5 Å². The van der Waals surface area contributed by atoms with E-state index in [0.717, 1.165) is 18.8 Å². The van der Waals surface area contributed by atoms with Crippen molar-refractivity contribution in [1.82, 2.24) is 4.90 Å². The molecule has 27 heavy (non-hydrogen) atoms. The number of carbonyl (C=O) groups excluding carboxylic acids is 2. The highest BCUT2D eigenvalue weighted by Crippen LogP contribution is 2.42. The van der Waals surface area contributed by atoms with Gasteiger partial charge in [-0.05, 0) is 68.7 Å². The van der Waals surface area contributed by atoms with E-state index in [4.69, 9.17) is 4.99 Å². The summed E-state index contributed by atoms with van der Waals surface area (Å²) in [4.78, 5) is 32.4. The first kappa shape index (κ1) is 18.1. The van der Waals surface area contributed by atoms with Gasteiger partial charge in [0.2, 0.25) is 5.91 Å². The van der Waals surface area contributed by atoms with Crippen LogP contribution in [0.3, 0.4) is 0 Å². The predicted octanol–water partition coefficient (Wildman–Crippen LogP) is 3.75. The number of rotatable bonds is 5. The van der Waals surface area contributed by atoms with Gasteiger partial charge >= 0.3 is 0 Å². The lowest BCUT2D eigenvalue weighted by Gasteiger charge is -2.33. The summed E-state index contributed by atoms with van der Waals surface area (Å²) in [6, 6.07) is 5.79. The zero-order valence-corrected chi connectivity index (χ0v) is 15.7. The molecule has 0 saturated heterocycles. The van der Waals surface area contributed by atoms with Gasteiger partial charge in [-0.25, -0.2) is 4.39 Å². The summed E-state index contributed by atoms with van der Waals surface area (Å²) in [5, 5.41) is 2.86. The first-order valence-corrected chi connectivity index (χ1v) is 9.98. The van der Waals surface area contributed by atoms with Crippen molar-refractivity contribution in [3.63, 3.8) is 0 Å². The number of aliphatic imine (C=N–C) groups is 1. The van der Waals surface area contributed by atoms with Crippen molar-refractivity contribution in [2.24, 2.45) is 16.8 Å². The lowest BCUT2D eigenvalue weighted by Crippen LogP contribution is -2.46. The van der Waals surface area contributed by atoms with Crippen LogP contribution in [0.2, 0.25) is 0 Å². The molecular formula is C21H26FN3O2. The van der Waals surface area contributed by atoms with E-state index in [-0.39, 0.29) is 23.5 Å². The van der Waals surface area contributed by atoms with Crippen LogP contribution in [0.25, 0.3) is 0 Å². The Kier molecular flexibility index (Phi) is 4.74. The number of nitrogens with one attached hydrogen (secondary N) is 1. The summed E-state index contributed by atoms with van der Waals surface area (Å²) in [5.74, 6) is 1.18. The zero-order chi connectivity index (χ0) is 19.0. The Hall–Kier alpha value is -2.24. The highest BCUT2D eigenvalue weighted by molar-refractivity contribution is 6.08. The fourth-order valence-corrected chi connectivity index (χ4v) is 4.20. The smallest absolute Gasteiger partial charge is 0.255 e. The molecule has 1 N–H and O–H groups in total. The van der Waals surface area contributed by atoms with Crippen LogP contribution in [-0.2, 0) is 9.59 Å². The average molecular weight is 371 g/mol. The molecule has 2 aliphatic carbocycles. The molecule has 1 heterocycles. The number of nitrogens with zero attached hydrogens (tertiary/aromatic N) is 2. The molecule has 3 aliphatic rings. The van der Waals surface area contributed by atoms with Crippen LogP contribution in [0, 0.1) is 17.7 Å². The number of anilines is 1. The Morgan fingerprint density at radius 1 is 1.22 bits per heavy atom. The highest BCUT2D eigenvalue weighted by Gasteiger charge is 2.50. The number of benzene rings is 1. The number of amidine groups is 1. The summed E-state index contributed by atoms with van der Waals surface area (Å²) in [5.41, 5.74) is -0.0482. The van der Waals surface area contributed by atoms with Crippen molar-refractivity contribution < 1.29 is 14.0 Å². The van der Waals surface area contributed by atoms with E-state index in [2.05, 4.69) is 5.32 Å². The van der Waals surface area contributed by atoms with Crippen LogP contribution >= 0.6 is 0 Å². The minimum atomic E-state index is -0.646. The topological polar surface area (TPSA) is 61.8 Å². The maximum absolute atomic E-state index is 13.1. The van der Waals surface area contributed by atoms with Gasteiger partial charge in [0.15, 0.2) is 0 Å². The van der Waals surface area contributed by atoms with E-state index < -0.39 is 5.54 Å². The molecule has 0 aromatic heterocycles. The van der Waals surface area contributed by atoms with Crippen LogP contribution in [-0.4, -0.2) is 34.6 Å². The second-order valence-corrected chi connectivity index (χ2v) is 8.04. The summed E-state index contributed by atoms with van der Waals surface area (Å²) in [6.07, 6.45) is 5.73. The van der Waals surface area contributed by atoms with Gasteiger partial charge in [0.25, 0.3) is 5.91 Å². The van der Waals surface area contributed by atoms with Crippen molar-refractivity contribution in [2.75, 3.05) is 11.9 Å². The second-order valence-electron chi connectivity index (χ2n) is 8.04. The minimum absolute atomic E-state index is 0.0589. The Balaban J connectivity index is 1.39. The van der Waals surface area contributed by atoms with Gasteiger partial charge in [0, 0.05) is 24.6 Å². The van der Waals surface area contributed by atoms with E-state index in [1.165, 1.54) is 25.0 Å². The van der Waals surface area contributed by atoms with Gasteiger partial charge in [-0.2, -0.15) is 0 Å². The number of hydrogen-bond acceptors (Lipinski definition) is 3. The Labute approximate surface area is 159 Å². The van der Waals surface area contributed by atoms with Crippen LogP contribution in [0.5, 0.6) is 0 Å². The van der Waals surface area contributed by atoms with E-state index in [1.54, 1.807) is 12.1 Å². The molecule has 1 aromatic carbocycles. The van der Waals surface area contributed by atoms with Crippen molar-refractivity contribution in [1.29, 1.82) is 0 Å². The van der Waals surface area contributed by atoms with E-state index in [0.29, 0.717) is 37.3 Å². The first-order chi connectivity index (χ1) is 13.0. The van der Waals surface area contributed by atoms with Crippen molar-refractivity contribution in [3.05, 3.63) is 30.1 Å². The molecule has 1 aliphatic heterocycles. The Morgan fingerprint density at radius 2 is 1.89 bits per heavy atom. The number of halogens is 1. The maximum Gasteiger partial charge on any atom is 0.255 e. The molecule has 5 nitrogen and oxygen atoms in total. The molecule has 2 amide bonds. The van der Waals surface area contributed by atoms with Crippen molar-refractivity contribution in [2.45, 2.75) is 57.4 Å². The molecule has 1 aromatic rings. The molecule has 1 spiro atoms. The third kappa shape index (κ3) is 3.62. The molecule has 2 fully saturated rings. The van der Waals surface area contributed by atoms with Crippen LogP contribution in [0.4, 0.5) is 10.1 Å². The highest BCUT2D eigenvalue weighted by atomic mass is 19.1. The molecule has 0 radical (unpaired) electrons. The summed E-state index contributed by atoms with van der Waals surface area (Å²) >= 11 is 0. The number of carbonyl (C=O) groups is 2. The normalized spacial score (nSPS) is 27.8. The van der Waals surface area contributed by atoms with E-state index in [9.17, 15) is 14.0 Å². The molecular weight excluding hydrogens is 345 g/mol.